The molecule has 0 saturated heterocycles. The minimum Gasteiger partial charge on any atom is -0.444 e. The van der Waals surface area contributed by atoms with E-state index < -0.39 is 23.2 Å². The van der Waals surface area contributed by atoms with Gasteiger partial charge in [-0.05, 0) is 56.9 Å². The molecule has 1 atom stereocenters. The molecule has 2 aliphatic heterocycles. The molecule has 0 fully saturated rings. The van der Waals surface area contributed by atoms with Crippen molar-refractivity contribution in [3.63, 3.8) is 0 Å². The van der Waals surface area contributed by atoms with Crippen LogP contribution in [0.3, 0.4) is 0 Å². The number of aromatic amines is 1. The van der Waals surface area contributed by atoms with Crippen molar-refractivity contribution >= 4 is 50.9 Å². The molecule has 0 radical (unpaired) electrons. The number of H-pyrrole nitrogens is 1. The van der Waals surface area contributed by atoms with E-state index in [2.05, 4.69) is 20.9 Å². The highest BCUT2D eigenvalue weighted by Crippen LogP contribution is 2.40. The molecule has 1 unspecified atom stereocenters. The first kappa shape index (κ1) is 24.9. The van der Waals surface area contributed by atoms with Crippen LogP contribution >= 0.6 is 0 Å². The Labute approximate surface area is 224 Å². The fraction of sp³-hybridized carbons (Fsp3) is 0.300. The van der Waals surface area contributed by atoms with Gasteiger partial charge in [-0.15, -0.1) is 0 Å². The summed E-state index contributed by atoms with van der Waals surface area (Å²) in [5.74, 6) is -1.20. The van der Waals surface area contributed by atoms with E-state index in [4.69, 9.17) is 4.74 Å². The molecule has 0 saturated carbocycles. The van der Waals surface area contributed by atoms with E-state index in [9.17, 15) is 18.8 Å². The van der Waals surface area contributed by atoms with E-state index in [0.29, 0.717) is 40.7 Å². The molecule has 8 nitrogen and oxygen atoms in total. The molecule has 3 amide bonds. The molecular weight excluding hydrogens is 499 g/mol. The lowest BCUT2D eigenvalue weighted by molar-refractivity contribution is -0.122. The molecule has 200 valence electrons. The van der Waals surface area contributed by atoms with Crippen molar-refractivity contribution in [3.05, 3.63) is 71.3 Å². The van der Waals surface area contributed by atoms with Gasteiger partial charge >= 0.3 is 6.09 Å². The Morgan fingerprint density at radius 1 is 1.10 bits per heavy atom. The summed E-state index contributed by atoms with van der Waals surface area (Å²) in [5.41, 5.74) is 3.89. The average Bonchev–Trinajstić information content (AvgIpc) is 3.51. The van der Waals surface area contributed by atoms with Gasteiger partial charge in [0, 0.05) is 59.9 Å². The third kappa shape index (κ3) is 4.27. The normalized spacial score (nSPS) is 17.3. The van der Waals surface area contributed by atoms with Gasteiger partial charge in [-0.3, -0.25) is 14.9 Å². The SMILES string of the molecule is CN(CC1Cc2cccc3c(C4=C(c5c[nH]c6cc(F)ccc56)C(=O)NC4=O)cn(c23)C1)C(=O)OC(C)(C)C. The summed E-state index contributed by atoms with van der Waals surface area (Å²) >= 11 is 0. The Morgan fingerprint density at radius 2 is 1.85 bits per heavy atom. The van der Waals surface area contributed by atoms with E-state index in [0.717, 1.165) is 22.9 Å². The standard InChI is InChI=1S/C30H29FN4O4/c1-30(2,3)39-29(38)34(4)13-16-10-17-6-5-7-20-22(15-35(14-16)26(17)20)25-24(27(36)33-28(25)37)21-12-32-23-11-18(31)8-9-19(21)23/h5-9,11-12,15-16,32H,10,13-14H2,1-4H3,(H,33,36,37). The van der Waals surface area contributed by atoms with Gasteiger partial charge in [-0.1, -0.05) is 18.2 Å². The molecule has 39 heavy (non-hydrogen) atoms. The minimum absolute atomic E-state index is 0.136. The number of nitrogens with zero attached hydrogens (tertiary/aromatic N) is 2. The number of amides is 3. The van der Waals surface area contributed by atoms with Gasteiger partial charge in [-0.25, -0.2) is 9.18 Å². The fourth-order valence-electron chi connectivity index (χ4n) is 5.80. The molecule has 0 bridgehead atoms. The lowest BCUT2D eigenvalue weighted by Gasteiger charge is -2.30. The average molecular weight is 529 g/mol. The highest BCUT2D eigenvalue weighted by Gasteiger charge is 2.36. The molecule has 2 aromatic heterocycles. The van der Waals surface area contributed by atoms with Crippen LogP contribution in [0.15, 0.2) is 48.8 Å². The quantitative estimate of drug-likeness (QED) is 0.370. The number of fused-ring (bicyclic) bond motifs is 1. The Balaban J connectivity index is 1.41. The van der Waals surface area contributed by atoms with Crippen LogP contribution in [-0.4, -0.2) is 51.6 Å². The Hall–Kier alpha value is -4.40. The van der Waals surface area contributed by atoms with Crippen LogP contribution < -0.4 is 5.32 Å². The van der Waals surface area contributed by atoms with Crippen molar-refractivity contribution in [2.45, 2.75) is 39.3 Å². The van der Waals surface area contributed by atoms with Crippen molar-refractivity contribution in [3.8, 4) is 0 Å². The maximum Gasteiger partial charge on any atom is 0.410 e. The lowest BCUT2D eigenvalue weighted by Crippen LogP contribution is -2.39. The maximum atomic E-state index is 13.8. The molecule has 6 rings (SSSR count). The number of carbonyl (C=O) groups excluding carboxylic acids is 3. The number of aromatic nitrogens is 2. The van der Waals surface area contributed by atoms with E-state index >= 15 is 0 Å². The van der Waals surface area contributed by atoms with E-state index in [1.54, 1.807) is 24.2 Å². The van der Waals surface area contributed by atoms with Crippen molar-refractivity contribution < 1.29 is 23.5 Å². The van der Waals surface area contributed by atoms with E-state index in [1.807, 2.05) is 39.1 Å². The summed E-state index contributed by atoms with van der Waals surface area (Å²) in [6.07, 6.45) is 3.96. The predicted octanol–water partition coefficient (Wildman–Crippen LogP) is 4.87. The minimum atomic E-state index is -0.574. The van der Waals surface area contributed by atoms with Crippen LogP contribution in [0.5, 0.6) is 0 Å². The smallest absolute Gasteiger partial charge is 0.410 e. The number of halogens is 1. The third-order valence-electron chi connectivity index (χ3n) is 7.30. The molecule has 4 heterocycles. The zero-order chi connectivity index (χ0) is 27.6. The summed E-state index contributed by atoms with van der Waals surface area (Å²) in [5, 5.41) is 4.00. The highest BCUT2D eigenvalue weighted by atomic mass is 19.1. The zero-order valence-corrected chi connectivity index (χ0v) is 22.2. The van der Waals surface area contributed by atoms with Crippen LogP contribution in [0.2, 0.25) is 0 Å². The number of hydrogen-bond acceptors (Lipinski definition) is 4. The molecule has 0 aliphatic carbocycles. The molecular formula is C30H29FN4O4. The first-order valence-electron chi connectivity index (χ1n) is 12.9. The third-order valence-corrected chi connectivity index (χ3v) is 7.30. The maximum absolute atomic E-state index is 13.8. The van der Waals surface area contributed by atoms with Crippen LogP contribution in [0, 0.1) is 11.7 Å². The summed E-state index contributed by atoms with van der Waals surface area (Å²) < 4.78 is 21.4. The summed E-state index contributed by atoms with van der Waals surface area (Å²) in [6.45, 7) is 6.68. The molecule has 2 N–H and O–H groups in total. The van der Waals surface area contributed by atoms with Gasteiger partial charge in [0.1, 0.15) is 11.4 Å². The van der Waals surface area contributed by atoms with Gasteiger partial charge in [0.2, 0.25) is 0 Å². The fourth-order valence-corrected chi connectivity index (χ4v) is 5.80. The molecule has 4 aromatic rings. The highest BCUT2D eigenvalue weighted by molar-refractivity contribution is 6.50. The summed E-state index contributed by atoms with van der Waals surface area (Å²) in [6, 6.07) is 10.3. The largest absolute Gasteiger partial charge is 0.444 e. The predicted molar refractivity (Wildman–Crippen MR) is 146 cm³/mol. The van der Waals surface area contributed by atoms with E-state index in [-0.39, 0.29) is 17.6 Å². The number of hydrogen-bond donors (Lipinski definition) is 2. The first-order valence-corrected chi connectivity index (χ1v) is 12.9. The van der Waals surface area contributed by atoms with Crippen LogP contribution in [-0.2, 0) is 27.3 Å². The molecule has 0 spiro atoms. The van der Waals surface area contributed by atoms with Crippen molar-refractivity contribution in [2.24, 2.45) is 5.92 Å². The Kier molecular flexibility index (Phi) is 5.64. The lowest BCUT2D eigenvalue weighted by atomic mass is 9.92. The van der Waals surface area contributed by atoms with Gasteiger partial charge in [0.05, 0.1) is 16.7 Å². The number of ether oxygens (including phenoxy) is 1. The van der Waals surface area contributed by atoms with Crippen molar-refractivity contribution in [1.82, 2.24) is 19.8 Å². The van der Waals surface area contributed by atoms with Crippen LogP contribution in [0.4, 0.5) is 9.18 Å². The summed E-state index contributed by atoms with van der Waals surface area (Å²) in [4.78, 5) is 43.5. The second-order valence-corrected chi connectivity index (χ2v) is 11.4. The monoisotopic (exact) mass is 528 g/mol. The Bertz CT molecular complexity index is 1720. The van der Waals surface area contributed by atoms with Crippen LogP contribution in [0.25, 0.3) is 33.0 Å². The molecule has 9 heteroatoms. The first-order chi connectivity index (χ1) is 18.5. The molecule has 2 aliphatic rings. The van der Waals surface area contributed by atoms with Gasteiger partial charge in [0.15, 0.2) is 0 Å². The number of benzene rings is 2. The van der Waals surface area contributed by atoms with Gasteiger partial charge in [0.25, 0.3) is 11.8 Å². The van der Waals surface area contributed by atoms with Crippen molar-refractivity contribution in [2.75, 3.05) is 13.6 Å². The number of carbonyl (C=O) groups is 3. The zero-order valence-electron chi connectivity index (χ0n) is 22.2. The second kappa shape index (κ2) is 8.83. The number of rotatable bonds is 4. The number of para-hydroxylation sites is 1. The van der Waals surface area contributed by atoms with Gasteiger partial charge in [-0.2, -0.15) is 0 Å². The second-order valence-electron chi connectivity index (χ2n) is 11.4. The Morgan fingerprint density at radius 3 is 2.59 bits per heavy atom. The van der Waals surface area contributed by atoms with Gasteiger partial charge < -0.3 is 19.2 Å². The molecule has 2 aromatic carbocycles. The number of imide groups is 1. The van der Waals surface area contributed by atoms with Crippen LogP contribution in [0.1, 0.15) is 37.5 Å². The topological polar surface area (TPSA) is 96.4 Å². The van der Waals surface area contributed by atoms with Crippen molar-refractivity contribution in [1.29, 1.82) is 0 Å². The van der Waals surface area contributed by atoms with E-state index in [1.165, 1.54) is 12.1 Å². The number of nitrogens with one attached hydrogen (secondary N) is 2. The summed E-state index contributed by atoms with van der Waals surface area (Å²) in [7, 11) is 1.74.